The van der Waals surface area contributed by atoms with Gasteiger partial charge >= 0.3 is 0 Å². The molecule has 1 aliphatic heterocycles. The summed E-state index contributed by atoms with van der Waals surface area (Å²) in [5.74, 6) is 0.347. The topological polar surface area (TPSA) is 49.2 Å². The van der Waals surface area contributed by atoms with Crippen molar-refractivity contribution in [3.63, 3.8) is 0 Å². The SMILES string of the molecule is C[C@@H](O)[C@@H]1CCCN(c2nnc(Cc3ccccc3)s2)C1. The van der Waals surface area contributed by atoms with E-state index in [2.05, 4.69) is 39.4 Å². The molecule has 1 N–H and O–H groups in total. The third-order valence-corrected chi connectivity index (χ3v) is 5.05. The van der Waals surface area contributed by atoms with Crippen LogP contribution in [0, 0.1) is 5.92 Å². The average molecular weight is 303 g/mol. The zero-order chi connectivity index (χ0) is 14.7. The third kappa shape index (κ3) is 3.60. The van der Waals surface area contributed by atoms with Crippen LogP contribution >= 0.6 is 11.3 Å². The molecule has 2 aromatic rings. The number of piperidine rings is 1. The van der Waals surface area contributed by atoms with Crippen molar-refractivity contribution in [1.82, 2.24) is 10.2 Å². The first-order chi connectivity index (χ1) is 10.2. The lowest BCUT2D eigenvalue weighted by molar-refractivity contribution is 0.115. The van der Waals surface area contributed by atoms with Crippen molar-refractivity contribution < 1.29 is 5.11 Å². The van der Waals surface area contributed by atoms with Crippen LogP contribution in [0.3, 0.4) is 0 Å². The van der Waals surface area contributed by atoms with E-state index in [0.717, 1.165) is 42.5 Å². The number of nitrogens with zero attached hydrogens (tertiary/aromatic N) is 3. The van der Waals surface area contributed by atoms with Crippen LogP contribution in [0.1, 0.15) is 30.3 Å². The van der Waals surface area contributed by atoms with Crippen molar-refractivity contribution in [3.05, 3.63) is 40.9 Å². The van der Waals surface area contributed by atoms with Gasteiger partial charge in [0.15, 0.2) is 0 Å². The molecule has 1 saturated heterocycles. The van der Waals surface area contributed by atoms with Crippen LogP contribution in [0.25, 0.3) is 0 Å². The average Bonchev–Trinajstić information content (AvgIpc) is 2.97. The Morgan fingerprint density at radius 2 is 2.14 bits per heavy atom. The summed E-state index contributed by atoms with van der Waals surface area (Å²) in [5.41, 5.74) is 1.26. The molecule has 2 atom stereocenters. The Morgan fingerprint density at radius 3 is 2.90 bits per heavy atom. The summed E-state index contributed by atoms with van der Waals surface area (Å²) < 4.78 is 0. The van der Waals surface area contributed by atoms with E-state index in [-0.39, 0.29) is 6.10 Å². The normalized spacial score (nSPS) is 20.5. The predicted octanol–water partition coefficient (Wildman–Crippen LogP) is 2.73. The Bertz CT molecular complexity index is 570. The Kier molecular flexibility index (Phi) is 4.51. The quantitative estimate of drug-likeness (QED) is 0.943. The van der Waals surface area contributed by atoms with Crippen molar-refractivity contribution >= 4 is 16.5 Å². The standard InChI is InChI=1S/C16H21N3OS/c1-12(20)14-8-5-9-19(11-14)16-18-17-15(21-16)10-13-6-3-2-4-7-13/h2-4,6-7,12,14,20H,5,8-11H2,1H3/t12-,14-/m1/s1. The molecule has 0 aliphatic carbocycles. The molecule has 0 unspecified atom stereocenters. The summed E-state index contributed by atoms with van der Waals surface area (Å²) in [6.45, 7) is 3.79. The maximum atomic E-state index is 9.78. The van der Waals surface area contributed by atoms with Gasteiger partial charge in [-0.3, -0.25) is 0 Å². The first-order valence-electron chi connectivity index (χ1n) is 7.51. The fourth-order valence-electron chi connectivity index (χ4n) is 2.79. The van der Waals surface area contributed by atoms with Crippen LogP contribution in [0.5, 0.6) is 0 Å². The Balaban J connectivity index is 1.67. The number of anilines is 1. The third-order valence-electron chi connectivity index (χ3n) is 4.06. The molecule has 1 aliphatic rings. The fourth-order valence-corrected chi connectivity index (χ4v) is 3.70. The van der Waals surface area contributed by atoms with Gasteiger partial charge in [0.05, 0.1) is 6.10 Å². The molecule has 3 rings (SSSR count). The minimum absolute atomic E-state index is 0.246. The molecule has 0 bridgehead atoms. The zero-order valence-electron chi connectivity index (χ0n) is 12.3. The van der Waals surface area contributed by atoms with Crippen molar-refractivity contribution in [2.45, 2.75) is 32.3 Å². The van der Waals surface area contributed by atoms with E-state index in [4.69, 9.17) is 0 Å². The lowest BCUT2D eigenvalue weighted by atomic mass is 9.94. The highest BCUT2D eigenvalue weighted by Crippen LogP contribution is 2.28. The second-order valence-corrected chi connectivity index (χ2v) is 6.77. The molecule has 1 fully saturated rings. The zero-order valence-corrected chi connectivity index (χ0v) is 13.1. The molecule has 0 saturated carbocycles. The molecule has 0 amide bonds. The number of hydrogen-bond acceptors (Lipinski definition) is 5. The van der Waals surface area contributed by atoms with Gasteiger partial charge in [0.2, 0.25) is 5.13 Å². The van der Waals surface area contributed by atoms with Gasteiger partial charge in [-0.15, -0.1) is 10.2 Å². The molecule has 0 radical (unpaired) electrons. The van der Waals surface area contributed by atoms with Gasteiger partial charge in [0.1, 0.15) is 5.01 Å². The largest absolute Gasteiger partial charge is 0.393 e. The monoisotopic (exact) mass is 303 g/mol. The van der Waals surface area contributed by atoms with E-state index >= 15 is 0 Å². The smallest absolute Gasteiger partial charge is 0.208 e. The summed E-state index contributed by atoms with van der Waals surface area (Å²) in [4.78, 5) is 2.27. The van der Waals surface area contributed by atoms with Crippen LogP contribution < -0.4 is 4.90 Å². The van der Waals surface area contributed by atoms with Gasteiger partial charge in [-0.25, -0.2) is 0 Å². The number of aliphatic hydroxyl groups excluding tert-OH is 1. The van der Waals surface area contributed by atoms with Crippen LogP contribution in [0.2, 0.25) is 0 Å². The van der Waals surface area contributed by atoms with Crippen LogP contribution in [0.4, 0.5) is 5.13 Å². The predicted molar refractivity (Wildman–Crippen MR) is 85.8 cm³/mol. The van der Waals surface area contributed by atoms with Gasteiger partial charge in [0, 0.05) is 25.4 Å². The first-order valence-corrected chi connectivity index (χ1v) is 8.33. The second kappa shape index (κ2) is 6.54. The van der Waals surface area contributed by atoms with Gasteiger partial charge in [0.25, 0.3) is 0 Å². The van der Waals surface area contributed by atoms with Crippen molar-refractivity contribution in [3.8, 4) is 0 Å². The molecule has 1 aromatic carbocycles. The molecular formula is C16H21N3OS. The van der Waals surface area contributed by atoms with E-state index < -0.39 is 0 Å². The number of rotatable bonds is 4. The Hall–Kier alpha value is -1.46. The molecule has 21 heavy (non-hydrogen) atoms. The van der Waals surface area contributed by atoms with E-state index in [0.29, 0.717) is 5.92 Å². The van der Waals surface area contributed by atoms with Crippen molar-refractivity contribution in [1.29, 1.82) is 0 Å². The summed E-state index contributed by atoms with van der Waals surface area (Å²) in [6.07, 6.45) is 2.81. The van der Waals surface area contributed by atoms with Crippen LogP contribution in [-0.4, -0.2) is 34.5 Å². The molecule has 0 spiro atoms. The number of hydrogen-bond donors (Lipinski definition) is 1. The maximum absolute atomic E-state index is 9.78. The molecular weight excluding hydrogens is 282 g/mol. The second-order valence-electron chi connectivity index (χ2n) is 5.73. The highest BCUT2D eigenvalue weighted by molar-refractivity contribution is 7.15. The van der Waals surface area contributed by atoms with E-state index in [1.54, 1.807) is 11.3 Å². The summed E-state index contributed by atoms with van der Waals surface area (Å²) in [7, 11) is 0. The minimum Gasteiger partial charge on any atom is -0.393 e. The van der Waals surface area contributed by atoms with E-state index in [9.17, 15) is 5.11 Å². The summed E-state index contributed by atoms with van der Waals surface area (Å²) >= 11 is 1.67. The van der Waals surface area contributed by atoms with Crippen molar-refractivity contribution in [2.24, 2.45) is 5.92 Å². The van der Waals surface area contributed by atoms with Gasteiger partial charge in [-0.05, 0) is 25.3 Å². The lowest BCUT2D eigenvalue weighted by Gasteiger charge is -2.33. The molecule has 2 heterocycles. The molecule has 1 aromatic heterocycles. The van der Waals surface area contributed by atoms with Gasteiger partial charge < -0.3 is 10.0 Å². The van der Waals surface area contributed by atoms with Gasteiger partial charge in [-0.2, -0.15) is 0 Å². The van der Waals surface area contributed by atoms with Gasteiger partial charge in [-0.1, -0.05) is 41.7 Å². The first kappa shape index (κ1) is 14.5. The maximum Gasteiger partial charge on any atom is 0.208 e. The highest BCUT2D eigenvalue weighted by Gasteiger charge is 2.25. The van der Waals surface area contributed by atoms with Crippen LogP contribution in [-0.2, 0) is 6.42 Å². The number of aliphatic hydroxyl groups is 1. The number of benzene rings is 1. The van der Waals surface area contributed by atoms with E-state index in [1.807, 2.05) is 13.0 Å². The van der Waals surface area contributed by atoms with E-state index in [1.165, 1.54) is 5.56 Å². The Labute approximate surface area is 129 Å². The van der Waals surface area contributed by atoms with Crippen LogP contribution in [0.15, 0.2) is 30.3 Å². The van der Waals surface area contributed by atoms with Crippen molar-refractivity contribution in [2.75, 3.05) is 18.0 Å². The lowest BCUT2D eigenvalue weighted by Crippen LogP contribution is -2.39. The Morgan fingerprint density at radius 1 is 1.33 bits per heavy atom. The summed E-state index contributed by atoms with van der Waals surface area (Å²) in [6, 6.07) is 10.4. The number of aromatic nitrogens is 2. The molecule has 5 heteroatoms. The molecule has 112 valence electrons. The fraction of sp³-hybridized carbons (Fsp3) is 0.500. The minimum atomic E-state index is -0.246. The highest BCUT2D eigenvalue weighted by atomic mass is 32.1. The molecule has 4 nitrogen and oxygen atoms in total. The summed E-state index contributed by atoms with van der Waals surface area (Å²) in [5, 5.41) is 20.5.